The van der Waals surface area contributed by atoms with Crippen molar-refractivity contribution in [2.75, 3.05) is 18.1 Å². The molecule has 3 aromatic rings. The Hall–Kier alpha value is -4.01. The van der Waals surface area contributed by atoms with Gasteiger partial charge in [-0.1, -0.05) is 30.3 Å². The third-order valence-corrected chi connectivity index (χ3v) is 5.01. The van der Waals surface area contributed by atoms with E-state index in [-0.39, 0.29) is 23.9 Å². The number of nitrogens with zero attached hydrogens (tertiary/aromatic N) is 1. The molecule has 0 unspecified atom stereocenters. The van der Waals surface area contributed by atoms with Gasteiger partial charge in [0.15, 0.2) is 5.11 Å². The molecule has 33 heavy (non-hydrogen) atoms. The van der Waals surface area contributed by atoms with E-state index in [0.717, 1.165) is 0 Å². The van der Waals surface area contributed by atoms with Crippen LogP contribution in [0.25, 0.3) is 6.08 Å². The molecule has 2 N–H and O–H groups in total. The molecule has 2 amide bonds. The molecule has 4 rings (SSSR count). The van der Waals surface area contributed by atoms with Crippen LogP contribution in [-0.2, 0) is 9.59 Å². The minimum absolute atomic E-state index is 0.00614. The highest BCUT2D eigenvalue weighted by Crippen LogP contribution is 2.27. The number of hydrogen-bond acceptors (Lipinski definition) is 6. The fourth-order valence-corrected chi connectivity index (χ4v) is 3.45. The Morgan fingerprint density at radius 2 is 1.52 bits per heavy atom. The van der Waals surface area contributed by atoms with E-state index in [0.29, 0.717) is 28.5 Å². The Morgan fingerprint density at radius 1 is 0.879 bits per heavy atom. The van der Waals surface area contributed by atoms with Crippen molar-refractivity contribution in [1.82, 2.24) is 5.32 Å². The summed E-state index contributed by atoms with van der Waals surface area (Å²) in [4.78, 5) is 26.9. The third-order valence-electron chi connectivity index (χ3n) is 4.73. The monoisotopic (exact) mass is 460 g/mol. The molecule has 1 aliphatic heterocycles. The summed E-state index contributed by atoms with van der Waals surface area (Å²) in [5, 5.41) is 11.4. The van der Waals surface area contributed by atoms with Crippen molar-refractivity contribution in [3.63, 3.8) is 0 Å². The summed E-state index contributed by atoms with van der Waals surface area (Å²) >= 11 is 5.25. The summed E-state index contributed by atoms with van der Waals surface area (Å²) in [6.45, 7) is 0.0957. The number of thiocarbonyl (C=S) groups is 1. The molecule has 7 nitrogen and oxygen atoms in total. The maximum absolute atomic E-state index is 13.2. The summed E-state index contributed by atoms with van der Waals surface area (Å²) in [5.74, 6) is 0.780. The van der Waals surface area contributed by atoms with Gasteiger partial charge in [0.05, 0.1) is 12.3 Å². The van der Waals surface area contributed by atoms with Crippen molar-refractivity contribution in [3.8, 4) is 17.2 Å². The number of amides is 2. The number of benzene rings is 3. The molecule has 0 radical (unpaired) electrons. The van der Waals surface area contributed by atoms with Gasteiger partial charge in [0.25, 0.3) is 11.8 Å². The first-order chi connectivity index (χ1) is 16.0. The van der Waals surface area contributed by atoms with Gasteiger partial charge in [0.2, 0.25) is 0 Å². The van der Waals surface area contributed by atoms with Gasteiger partial charge in [-0.05, 0) is 72.4 Å². The highest BCUT2D eigenvalue weighted by molar-refractivity contribution is 7.80. The maximum Gasteiger partial charge on any atom is 0.270 e. The summed E-state index contributed by atoms with van der Waals surface area (Å²) in [6.07, 6.45) is 1.50. The van der Waals surface area contributed by atoms with Crippen LogP contribution in [0.5, 0.6) is 17.2 Å². The normalized spacial score (nSPS) is 14.9. The van der Waals surface area contributed by atoms with Crippen molar-refractivity contribution in [2.24, 2.45) is 0 Å². The van der Waals surface area contributed by atoms with Crippen LogP contribution < -0.4 is 19.7 Å². The molecule has 1 aliphatic rings. The van der Waals surface area contributed by atoms with Crippen molar-refractivity contribution >= 4 is 40.9 Å². The highest BCUT2D eigenvalue weighted by Gasteiger charge is 2.34. The molecule has 0 bridgehead atoms. The van der Waals surface area contributed by atoms with Crippen LogP contribution in [0.3, 0.4) is 0 Å². The number of hydrogen-bond donors (Lipinski definition) is 2. The molecule has 0 spiro atoms. The predicted octanol–water partition coefficient (Wildman–Crippen LogP) is 3.68. The number of aliphatic hydroxyl groups excluding tert-OH is 1. The van der Waals surface area contributed by atoms with Gasteiger partial charge in [-0.25, -0.2) is 0 Å². The maximum atomic E-state index is 13.2. The summed E-state index contributed by atoms with van der Waals surface area (Å²) in [5.41, 5.74) is 1.10. The first-order valence-electron chi connectivity index (χ1n) is 10.1. The zero-order valence-corrected chi connectivity index (χ0v) is 18.2. The lowest BCUT2D eigenvalue weighted by atomic mass is 10.1. The van der Waals surface area contributed by atoms with Gasteiger partial charge in [-0.15, -0.1) is 0 Å². The number of anilines is 1. The minimum Gasteiger partial charge on any atom is -0.491 e. The second-order valence-electron chi connectivity index (χ2n) is 7.01. The SMILES string of the molecule is O=C1NC(=S)N(c2ccc(Oc3ccccc3)cc2)C(=O)/C1=C/c1ccc(OCCO)cc1. The van der Waals surface area contributed by atoms with E-state index in [1.807, 2.05) is 30.3 Å². The number of carbonyl (C=O) groups excluding carboxylic acids is 2. The molecule has 1 heterocycles. The van der Waals surface area contributed by atoms with Crippen LogP contribution >= 0.6 is 12.2 Å². The van der Waals surface area contributed by atoms with E-state index in [2.05, 4.69) is 5.32 Å². The van der Waals surface area contributed by atoms with Gasteiger partial charge < -0.3 is 14.6 Å². The van der Waals surface area contributed by atoms with Gasteiger partial charge >= 0.3 is 0 Å². The Labute approximate surface area is 195 Å². The molecule has 166 valence electrons. The second kappa shape index (κ2) is 10.1. The fourth-order valence-electron chi connectivity index (χ4n) is 3.17. The Morgan fingerprint density at radius 3 is 2.18 bits per heavy atom. The van der Waals surface area contributed by atoms with Gasteiger partial charge in [0.1, 0.15) is 29.4 Å². The van der Waals surface area contributed by atoms with Crippen LogP contribution in [0, 0.1) is 0 Å². The number of ether oxygens (including phenoxy) is 2. The van der Waals surface area contributed by atoms with E-state index in [4.69, 9.17) is 26.8 Å². The lowest BCUT2D eigenvalue weighted by Gasteiger charge is -2.29. The van der Waals surface area contributed by atoms with Crippen LogP contribution in [0.4, 0.5) is 5.69 Å². The van der Waals surface area contributed by atoms with E-state index < -0.39 is 11.8 Å². The fraction of sp³-hybridized carbons (Fsp3) is 0.0800. The van der Waals surface area contributed by atoms with E-state index >= 15 is 0 Å². The van der Waals surface area contributed by atoms with Crippen molar-refractivity contribution in [2.45, 2.75) is 0 Å². The summed E-state index contributed by atoms with van der Waals surface area (Å²) in [6, 6.07) is 23.0. The molecule has 0 atom stereocenters. The largest absolute Gasteiger partial charge is 0.491 e. The van der Waals surface area contributed by atoms with Gasteiger partial charge in [-0.3, -0.25) is 19.8 Å². The average Bonchev–Trinajstić information content (AvgIpc) is 2.83. The summed E-state index contributed by atoms with van der Waals surface area (Å²) < 4.78 is 11.1. The molecule has 1 saturated heterocycles. The zero-order valence-electron chi connectivity index (χ0n) is 17.4. The molecule has 3 aromatic carbocycles. The first kappa shape index (κ1) is 22.2. The smallest absolute Gasteiger partial charge is 0.270 e. The number of para-hydroxylation sites is 1. The van der Waals surface area contributed by atoms with Gasteiger partial charge in [0, 0.05) is 0 Å². The Bertz CT molecular complexity index is 1190. The molecule has 0 aromatic heterocycles. The number of rotatable bonds is 7. The van der Waals surface area contributed by atoms with Crippen molar-refractivity contribution < 1.29 is 24.2 Å². The second-order valence-corrected chi connectivity index (χ2v) is 7.39. The molecular formula is C25H20N2O5S. The standard InChI is InChI=1S/C25H20N2O5S/c28-14-15-31-19-10-6-17(7-11-19)16-22-23(29)26-25(33)27(24(22)30)18-8-12-21(13-9-18)32-20-4-2-1-3-5-20/h1-13,16,28H,14-15H2,(H,26,29,33)/b22-16+. The quantitative estimate of drug-likeness (QED) is 0.318. The van der Waals surface area contributed by atoms with Crippen LogP contribution in [-0.4, -0.2) is 35.2 Å². The van der Waals surface area contributed by atoms with Crippen LogP contribution in [0.15, 0.2) is 84.4 Å². The van der Waals surface area contributed by atoms with Crippen LogP contribution in [0.2, 0.25) is 0 Å². The molecular weight excluding hydrogens is 440 g/mol. The molecule has 0 aliphatic carbocycles. The number of carbonyl (C=O) groups is 2. The zero-order chi connectivity index (χ0) is 23.2. The molecule has 0 saturated carbocycles. The van der Waals surface area contributed by atoms with E-state index in [1.54, 1.807) is 48.5 Å². The lowest BCUT2D eigenvalue weighted by molar-refractivity contribution is -0.122. The topological polar surface area (TPSA) is 88.1 Å². The summed E-state index contributed by atoms with van der Waals surface area (Å²) in [7, 11) is 0. The first-order valence-corrected chi connectivity index (χ1v) is 10.5. The number of aliphatic hydroxyl groups is 1. The molecule has 8 heteroatoms. The van der Waals surface area contributed by atoms with Crippen molar-refractivity contribution in [3.05, 3.63) is 90.0 Å². The molecule has 1 fully saturated rings. The predicted molar refractivity (Wildman–Crippen MR) is 128 cm³/mol. The van der Waals surface area contributed by atoms with E-state index in [1.165, 1.54) is 11.0 Å². The average molecular weight is 461 g/mol. The van der Waals surface area contributed by atoms with Crippen molar-refractivity contribution in [1.29, 1.82) is 0 Å². The Balaban J connectivity index is 1.54. The lowest BCUT2D eigenvalue weighted by Crippen LogP contribution is -2.54. The van der Waals surface area contributed by atoms with Crippen LogP contribution in [0.1, 0.15) is 5.56 Å². The Kier molecular flexibility index (Phi) is 6.77. The van der Waals surface area contributed by atoms with Gasteiger partial charge in [-0.2, -0.15) is 0 Å². The van der Waals surface area contributed by atoms with E-state index in [9.17, 15) is 9.59 Å². The third kappa shape index (κ3) is 5.25. The minimum atomic E-state index is -0.564. The highest BCUT2D eigenvalue weighted by atomic mass is 32.1. The number of nitrogens with one attached hydrogen (secondary N) is 1.